The number of hydrogen-bond donors (Lipinski definition) is 0. The van der Waals surface area contributed by atoms with Gasteiger partial charge in [-0.15, -0.1) is 0 Å². The zero-order valence-electron chi connectivity index (χ0n) is 12.5. The fourth-order valence-corrected chi connectivity index (χ4v) is 3.90. The van der Waals surface area contributed by atoms with Crippen molar-refractivity contribution in [1.82, 2.24) is 4.90 Å². The van der Waals surface area contributed by atoms with Crippen molar-refractivity contribution in [3.8, 4) is 0 Å². The van der Waals surface area contributed by atoms with Crippen molar-refractivity contribution in [2.24, 2.45) is 0 Å². The fraction of sp³-hybridized carbons (Fsp3) is 0.562. The minimum absolute atomic E-state index is 0.0443. The molecular weight excluding hydrogens is 325 g/mol. The van der Waals surface area contributed by atoms with Crippen LogP contribution >= 0.6 is 23.2 Å². The molecule has 1 spiro atoms. The Kier molecular flexibility index (Phi) is 4.64. The Balaban J connectivity index is 1.69. The summed E-state index contributed by atoms with van der Waals surface area (Å²) in [4.78, 5) is 14.6. The molecule has 0 saturated carbocycles. The van der Waals surface area contributed by atoms with Gasteiger partial charge in [0, 0.05) is 41.5 Å². The maximum absolute atomic E-state index is 12.7. The van der Waals surface area contributed by atoms with Gasteiger partial charge in [0.25, 0.3) is 0 Å². The first-order valence-electron chi connectivity index (χ1n) is 7.53. The number of amides is 1. The number of nitrogens with zero attached hydrogens (tertiary/aromatic N) is 1. The largest absolute Gasteiger partial charge is 0.347 e. The smallest absolute Gasteiger partial charge is 0.229 e. The topological polar surface area (TPSA) is 38.8 Å². The third kappa shape index (κ3) is 2.98. The van der Waals surface area contributed by atoms with Gasteiger partial charge in [0.2, 0.25) is 5.91 Å². The van der Waals surface area contributed by atoms with Crippen molar-refractivity contribution in [3.63, 3.8) is 0 Å². The average Bonchev–Trinajstić information content (AvgIpc) is 2.95. The van der Waals surface area contributed by atoms with E-state index < -0.39 is 5.79 Å². The number of halogens is 2. The van der Waals surface area contributed by atoms with Gasteiger partial charge in [-0.2, -0.15) is 0 Å². The Bertz CT molecular complexity index is 542. The lowest BCUT2D eigenvalue weighted by Gasteiger charge is -2.38. The fourth-order valence-electron chi connectivity index (χ4n) is 3.18. The van der Waals surface area contributed by atoms with Crippen LogP contribution in [0.4, 0.5) is 0 Å². The van der Waals surface area contributed by atoms with Crippen LogP contribution in [0.1, 0.15) is 31.2 Å². The van der Waals surface area contributed by atoms with Crippen LogP contribution in [-0.4, -0.2) is 42.9 Å². The van der Waals surface area contributed by atoms with Crippen LogP contribution in [0.25, 0.3) is 0 Å². The van der Waals surface area contributed by atoms with E-state index in [4.69, 9.17) is 32.7 Å². The number of ether oxygens (including phenoxy) is 2. The van der Waals surface area contributed by atoms with Crippen LogP contribution in [0.5, 0.6) is 0 Å². The van der Waals surface area contributed by atoms with E-state index in [0.717, 1.165) is 0 Å². The van der Waals surface area contributed by atoms with Crippen LogP contribution in [-0.2, 0) is 14.3 Å². The molecule has 3 rings (SSSR count). The number of hydrogen-bond acceptors (Lipinski definition) is 3. The van der Waals surface area contributed by atoms with Gasteiger partial charge in [0.1, 0.15) is 0 Å². The van der Waals surface area contributed by atoms with Crippen molar-refractivity contribution in [1.29, 1.82) is 0 Å². The molecule has 120 valence electrons. The molecule has 6 heteroatoms. The predicted molar refractivity (Wildman–Crippen MR) is 85.3 cm³/mol. The molecule has 1 amide bonds. The van der Waals surface area contributed by atoms with E-state index in [1.54, 1.807) is 18.2 Å². The van der Waals surface area contributed by atoms with Gasteiger partial charge >= 0.3 is 0 Å². The first kappa shape index (κ1) is 16.1. The second kappa shape index (κ2) is 6.36. The van der Waals surface area contributed by atoms with Crippen LogP contribution in [0.15, 0.2) is 18.2 Å². The van der Waals surface area contributed by atoms with E-state index >= 15 is 0 Å². The summed E-state index contributed by atoms with van der Waals surface area (Å²) in [7, 11) is 0. The normalized spacial score (nSPS) is 22.0. The Hall–Kier alpha value is -0.810. The Morgan fingerprint density at radius 2 is 1.73 bits per heavy atom. The van der Waals surface area contributed by atoms with E-state index in [2.05, 4.69) is 0 Å². The summed E-state index contributed by atoms with van der Waals surface area (Å²) in [5, 5.41) is 1.06. The summed E-state index contributed by atoms with van der Waals surface area (Å²) in [6.45, 7) is 4.39. The molecule has 4 nitrogen and oxygen atoms in total. The molecule has 0 aliphatic carbocycles. The van der Waals surface area contributed by atoms with Crippen LogP contribution in [0, 0.1) is 0 Å². The maximum atomic E-state index is 12.7. The third-order valence-electron chi connectivity index (χ3n) is 4.45. The molecule has 0 radical (unpaired) electrons. The Morgan fingerprint density at radius 3 is 2.27 bits per heavy atom. The molecule has 1 aromatic rings. The molecule has 1 atom stereocenters. The van der Waals surface area contributed by atoms with Crippen molar-refractivity contribution in [2.75, 3.05) is 26.3 Å². The molecule has 0 aromatic heterocycles. The van der Waals surface area contributed by atoms with Gasteiger partial charge in [-0.1, -0.05) is 29.3 Å². The molecule has 1 aromatic carbocycles. The van der Waals surface area contributed by atoms with Crippen molar-refractivity contribution < 1.29 is 14.3 Å². The van der Waals surface area contributed by atoms with Gasteiger partial charge in [-0.05, 0) is 19.1 Å². The van der Waals surface area contributed by atoms with E-state index in [0.29, 0.717) is 54.8 Å². The molecule has 0 bridgehead atoms. The zero-order chi connectivity index (χ0) is 15.7. The highest BCUT2D eigenvalue weighted by Gasteiger charge is 2.41. The second-order valence-electron chi connectivity index (χ2n) is 5.79. The summed E-state index contributed by atoms with van der Waals surface area (Å²) in [5.41, 5.74) is 0.699. The summed E-state index contributed by atoms with van der Waals surface area (Å²) < 4.78 is 11.4. The summed E-state index contributed by atoms with van der Waals surface area (Å²) in [5.74, 6) is -0.786. The second-order valence-corrected chi connectivity index (χ2v) is 6.60. The highest BCUT2D eigenvalue weighted by atomic mass is 35.5. The lowest BCUT2D eigenvalue weighted by molar-refractivity contribution is -0.187. The van der Waals surface area contributed by atoms with Gasteiger partial charge < -0.3 is 14.4 Å². The number of benzene rings is 1. The standard InChI is InChI=1S/C16H19Cl2NO3/c1-11(14-12(17)3-2-4-13(14)18)15(20)19-7-5-16(6-8-19)21-9-10-22-16/h2-4,11H,5-10H2,1H3/t11-/m1/s1. The quantitative estimate of drug-likeness (QED) is 0.825. The highest BCUT2D eigenvalue weighted by molar-refractivity contribution is 6.36. The minimum atomic E-state index is -0.470. The van der Waals surface area contributed by atoms with E-state index in [1.165, 1.54) is 0 Å². The average molecular weight is 344 g/mol. The Labute approximate surface area is 140 Å². The van der Waals surface area contributed by atoms with Crippen molar-refractivity contribution in [3.05, 3.63) is 33.8 Å². The molecule has 2 fully saturated rings. The molecule has 2 aliphatic rings. The van der Waals surface area contributed by atoms with Crippen LogP contribution in [0.2, 0.25) is 10.0 Å². The minimum Gasteiger partial charge on any atom is -0.347 e. The van der Waals surface area contributed by atoms with Crippen LogP contribution in [0.3, 0.4) is 0 Å². The molecule has 2 saturated heterocycles. The van der Waals surface area contributed by atoms with Crippen molar-refractivity contribution >= 4 is 29.1 Å². The van der Waals surface area contributed by atoms with Crippen LogP contribution < -0.4 is 0 Å². The molecule has 22 heavy (non-hydrogen) atoms. The van der Waals surface area contributed by atoms with E-state index in [-0.39, 0.29) is 11.8 Å². The molecule has 0 unspecified atom stereocenters. The lowest BCUT2D eigenvalue weighted by Crippen LogP contribution is -2.48. The third-order valence-corrected chi connectivity index (χ3v) is 5.11. The summed E-state index contributed by atoms with van der Waals surface area (Å²) in [6, 6.07) is 5.31. The molecule has 2 aliphatic heterocycles. The lowest BCUT2D eigenvalue weighted by atomic mass is 9.97. The van der Waals surface area contributed by atoms with Gasteiger partial charge in [0.15, 0.2) is 5.79 Å². The summed E-state index contributed by atoms with van der Waals surface area (Å²) >= 11 is 12.4. The molecular formula is C16H19Cl2NO3. The SMILES string of the molecule is C[C@@H](C(=O)N1CCC2(CC1)OCCO2)c1c(Cl)cccc1Cl. The highest BCUT2D eigenvalue weighted by Crippen LogP contribution is 2.35. The number of carbonyl (C=O) groups is 1. The van der Waals surface area contributed by atoms with Gasteiger partial charge in [0.05, 0.1) is 19.1 Å². The monoisotopic (exact) mass is 343 g/mol. The Morgan fingerprint density at radius 1 is 1.18 bits per heavy atom. The van der Waals surface area contributed by atoms with E-state index in [1.807, 2.05) is 11.8 Å². The number of likely N-dealkylation sites (tertiary alicyclic amines) is 1. The molecule has 2 heterocycles. The van der Waals surface area contributed by atoms with Gasteiger partial charge in [-0.25, -0.2) is 0 Å². The number of piperidine rings is 1. The van der Waals surface area contributed by atoms with Crippen molar-refractivity contribution in [2.45, 2.75) is 31.5 Å². The predicted octanol–water partition coefficient (Wildman–Crippen LogP) is 3.46. The number of rotatable bonds is 2. The zero-order valence-corrected chi connectivity index (χ0v) is 14.0. The maximum Gasteiger partial charge on any atom is 0.229 e. The first-order chi connectivity index (χ1) is 10.5. The first-order valence-corrected chi connectivity index (χ1v) is 8.29. The number of carbonyl (C=O) groups excluding carboxylic acids is 1. The van der Waals surface area contributed by atoms with Gasteiger partial charge in [-0.3, -0.25) is 4.79 Å². The summed E-state index contributed by atoms with van der Waals surface area (Å²) in [6.07, 6.45) is 1.42. The van der Waals surface area contributed by atoms with E-state index in [9.17, 15) is 4.79 Å². The molecule has 0 N–H and O–H groups in total.